The summed E-state index contributed by atoms with van der Waals surface area (Å²) in [5, 5.41) is 0. The fourth-order valence-electron chi connectivity index (χ4n) is 3.18. The van der Waals surface area contributed by atoms with Crippen LogP contribution in [0, 0.1) is 0 Å². The van der Waals surface area contributed by atoms with Crippen LogP contribution in [0.3, 0.4) is 0 Å². The van der Waals surface area contributed by atoms with Crippen LogP contribution >= 0.6 is 0 Å². The Morgan fingerprint density at radius 3 is 2.12 bits per heavy atom. The van der Waals surface area contributed by atoms with Crippen LogP contribution < -0.4 is 0 Å². The van der Waals surface area contributed by atoms with Gasteiger partial charge >= 0.3 is 0 Å². The maximum absolute atomic E-state index is 6.23. The summed E-state index contributed by atoms with van der Waals surface area (Å²) in [5.41, 5.74) is 3.33. The van der Waals surface area contributed by atoms with Gasteiger partial charge in [-0.3, -0.25) is 0 Å². The molecule has 25 heavy (non-hydrogen) atoms. The van der Waals surface area contributed by atoms with Crippen molar-refractivity contribution >= 4 is 0 Å². The van der Waals surface area contributed by atoms with E-state index in [0.29, 0.717) is 26.4 Å². The lowest BCUT2D eigenvalue weighted by Gasteiger charge is -2.35. The molecule has 0 spiro atoms. The van der Waals surface area contributed by atoms with Crippen LogP contribution in [0.15, 0.2) is 72.3 Å². The topological polar surface area (TPSA) is 36.9 Å². The molecule has 1 saturated heterocycles. The molecule has 4 heteroatoms. The standard InChI is InChI=1S/C21H22O4/c1-3-7-16(8-4-1)13-23-19-15-25-21-18(11-12-22-21)20(19)24-14-17-9-5-2-6-10-17/h1-11,19-21H,12-15H2/t19-,20+,21+/m1/s1. The number of rotatable bonds is 6. The van der Waals surface area contributed by atoms with Crippen molar-refractivity contribution in [3.05, 3.63) is 83.4 Å². The lowest BCUT2D eigenvalue weighted by atomic mass is 10.0. The molecule has 4 rings (SSSR count). The summed E-state index contributed by atoms with van der Waals surface area (Å²) in [4.78, 5) is 0. The molecular weight excluding hydrogens is 316 g/mol. The predicted octanol–water partition coefficient (Wildman–Crippen LogP) is 3.47. The first kappa shape index (κ1) is 16.5. The molecule has 0 radical (unpaired) electrons. The third-order valence-corrected chi connectivity index (χ3v) is 4.50. The van der Waals surface area contributed by atoms with E-state index in [9.17, 15) is 0 Å². The Labute approximate surface area is 148 Å². The molecule has 0 amide bonds. The van der Waals surface area contributed by atoms with Gasteiger partial charge in [-0.2, -0.15) is 0 Å². The molecule has 0 N–H and O–H groups in total. The zero-order chi connectivity index (χ0) is 16.9. The van der Waals surface area contributed by atoms with Gasteiger partial charge in [0.2, 0.25) is 0 Å². The van der Waals surface area contributed by atoms with Gasteiger partial charge in [0.05, 0.1) is 26.4 Å². The first-order valence-electron chi connectivity index (χ1n) is 8.64. The molecule has 130 valence electrons. The molecule has 4 nitrogen and oxygen atoms in total. The van der Waals surface area contributed by atoms with Crippen LogP contribution in [0.1, 0.15) is 11.1 Å². The summed E-state index contributed by atoms with van der Waals surface area (Å²) in [5.74, 6) is 0. The molecule has 2 aromatic rings. The fourth-order valence-corrected chi connectivity index (χ4v) is 3.18. The Morgan fingerprint density at radius 1 is 0.800 bits per heavy atom. The highest BCUT2D eigenvalue weighted by Crippen LogP contribution is 2.31. The Bertz CT molecular complexity index is 698. The highest BCUT2D eigenvalue weighted by molar-refractivity contribution is 5.21. The van der Waals surface area contributed by atoms with Gasteiger partial charge in [0.1, 0.15) is 12.2 Å². The summed E-state index contributed by atoms with van der Waals surface area (Å²) >= 11 is 0. The van der Waals surface area contributed by atoms with Gasteiger partial charge < -0.3 is 18.9 Å². The second kappa shape index (κ2) is 7.93. The smallest absolute Gasteiger partial charge is 0.182 e. The molecule has 2 aromatic carbocycles. The van der Waals surface area contributed by atoms with Gasteiger partial charge in [0, 0.05) is 5.57 Å². The molecule has 0 bridgehead atoms. The highest BCUT2D eigenvalue weighted by Gasteiger charge is 2.39. The molecule has 2 aliphatic rings. The van der Waals surface area contributed by atoms with E-state index in [-0.39, 0.29) is 18.5 Å². The van der Waals surface area contributed by atoms with Crippen molar-refractivity contribution in [1.82, 2.24) is 0 Å². The van der Waals surface area contributed by atoms with Crippen molar-refractivity contribution in [2.24, 2.45) is 0 Å². The molecule has 1 fully saturated rings. The van der Waals surface area contributed by atoms with E-state index < -0.39 is 0 Å². The van der Waals surface area contributed by atoms with Gasteiger partial charge in [-0.25, -0.2) is 0 Å². The summed E-state index contributed by atoms with van der Waals surface area (Å²) in [7, 11) is 0. The Hall–Kier alpha value is -1.98. The van der Waals surface area contributed by atoms with E-state index in [4.69, 9.17) is 18.9 Å². The summed E-state index contributed by atoms with van der Waals surface area (Å²) in [6.07, 6.45) is 1.47. The zero-order valence-corrected chi connectivity index (χ0v) is 14.0. The van der Waals surface area contributed by atoms with E-state index in [0.717, 1.165) is 16.7 Å². The van der Waals surface area contributed by atoms with Crippen LogP contribution in [0.4, 0.5) is 0 Å². The molecule has 0 aromatic heterocycles. The van der Waals surface area contributed by atoms with E-state index in [1.807, 2.05) is 36.4 Å². The van der Waals surface area contributed by atoms with Crippen LogP contribution in [0.5, 0.6) is 0 Å². The van der Waals surface area contributed by atoms with Crippen LogP contribution in [-0.4, -0.2) is 31.7 Å². The largest absolute Gasteiger partial charge is 0.368 e. The van der Waals surface area contributed by atoms with E-state index in [1.54, 1.807) is 0 Å². The van der Waals surface area contributed by atoms with Crippen LogP contribution in [0.2, 0.25) is 0 Å². The third kappa shape index (κ3) is 3.99. The minimum atomic E-state index is -0.294. The minimum Gasteiger partial charge on any atom is -0.368 e. The van der Waals surface area contributed by atoms with Crippen LogP contribution in [-0.2, 0) is 32.2 Å². The SMILES string of the molecule is C1=C2[C@@H](OC1)OC[C@@H](OCc1ccccc1)[C@H]2OCc1ccccc1. The van der Waals surface area contributed by atoms with Crippen molar-refractivity contribution in [2.75, 3.05) is 13.2 Å². The van der Waals surface area contributed by atoms with Crippen molar-refractivity contribution in [2.45, 2.75) is 31.7 Å². The molecule has 0 unspecified atom stereocenters. The van der Waals surface area contributed by atoms with E-state index in [2.05, 4.69) is 30.3 Å². The number of hydrogen-bond acceptors (Lipinski definition) is 4. The Morgan fingerprint density at radius 2 is 1.44 bits per heavy atom. The third-order valence-electron chi connectivity index (χ3n) is 4.50. The molecule has 2 aliphatic heterocycles. The molecular formula is C21H22O4. The first-order valence-corrected chi connectivity index (χ1v) is 8.64. The average Bonchev–Trinajstić information content (AvgIpc) is 3.15. The van der Waals surface area contributed by atoms with Crippen molar-refractivity contribution in [1.29, 1.82) is 0 Å². The van der Waals surface area contributed by atoms with Gasteiger partial charge in [-0.15, -0.1) is 0 Å². The maximum atomic E-state index is 6.23. The lowest BCUT2D eigenvalue weighted by molar-refractivity contribution is -0.192. The van der Waals surface area contributed by atoms with E-state index in [1.165, 1.54) is 0 Å². The summed E-state index contributed by atoms with van der Waals surface area (Å²) in [6.45, 7) is 2.12. The molecule has 2 heterocycles. The molecule has 3 atom stereocenters. The summed E-state index contributed by atoms with van der Waals surface area (Å²) < 4.78 is 23.8. The Kier molecular flexibility index (Phi) is 5.23. The van der Waals surface area contributed by atoms with E-state index >= 15 is 0 Å². The molecule has 0 saturated carbocycles. The van der Waals surface area contributed by atoms with Crippen molar-refractivity contribution < 1.29 is 18.9 Å². The maximum Gasteiger partial charge on any atom is 0.182 e. The quantitative estimate of drug-likeness (QED) is 0.756. The lowest BCUT2D eigenvalue weighted by Crippen LogP contribution is -2.45. The van der Waals surface area contributed by atoms with Crippen molar-refractivity contribution in [3.8, 4) is 0 Å². The summed E-state index contributed by atoms with van der Waals surface area (Å²) in [6, 6.07) is 20.3. The average molecular weight is 338 g/mol. The highest BCUT2D eigenvalue weighted by atomic mass is 16.7. The van der Waals surface area contributed by atoms with Crippen molar-refractivity contribution in [3.63, 3.8) is 0 Å². The van der Waals surface area contributed by atoms with Gasteiger partial charge in [0.15, 0.2) is 6.29 Å². The fraction of sp³-hybridized carbons (Fsp3) is 0.333. The number of hydrogen-bond donors (Lipinski definition) is 0. The monoisotopic (exact) mass is 338 g/mol. The minimum absolute atomic E-state index is 0.145. The van der Waals surface area contributed by atoms with Gasteiger partial charge in [-0.05, 0) is 11.1 Å². The molecule has 0 aliphatic carbocycles. The van der Waals surface area contributed by atoms with Crippen LogP contribution in [0.25, 0.3) is 0 Å². The first-order chi connectivity index (χ1) is 12.4. The second-order valence-corrected chi connectivity index (χ2v) is 6.25. The Balaban J connectivity index is 1.44. The van der Waals surface area contributed by atoms with Gasteiger partial charge in [0.25, 0.3) is 0 Å². The number of ether oxygens (including phenoxy) is 4. The predicted molar refractivity (Wildman–Crippen MR) is 93.8 cm³/mol. The number of benzene rings is 2. The number of fused-ring (bicyclic) bond motifs is 1. The second-order valence-electron chi connectivity index (χ2n) is 6.25. The normalized spacial score (nSPS) is 25.4. The zero-order valence-electron chi connectivity index (χ0n) is 14.0. The van der Waals surface area contributed by atoms with Gasteiger partial charge in [-0.1, -0.05) is 66.7 Å².